The van der Waals surface area contributed by atoms with Gasteiger partial charge in [-0.25, -0.2) is 4.98 Å². The first-order valence-electron chi connectivity index (χ1n) is 9.01. The van der Waals surface area contributed by atoms with Gasteiger partial charge in [0.1, 0.15) is 0 Å². The third kappa shape index (κ3) is 3.32. The van der Waals surface area contributed by atoms with E-state index in [-0.39, 0.29) is 12.1 Å². The quantitative estimate of drug-likeness (QED) is 0.788. The second-order valence-corrected chi connectivity index (χ2v) is 7.13. The van der Waals surface area contributed by atoms with E-state index in [9.17, 15) is 5.11 Å². The smallest absolute Gasteiger partial charge is 0.0945 e. The molecular formula is C19H26N4O. The van der Waals surface area contributed by atoms with Crippen molar-refractivity contribution in [3.63, 3.8) is 0 Å². The highest BCUT2D eigenvalue weighted by Gasteiger charge is 2.32. The number of aryl methyl sites for hydroxylation is 1. The molecule has 2 heterocycles. The van der Waals surface area contributed by atoms with Crippen molar-refractivity contribution in [2.45, 2.75) is 50.9 Å². The van der Waals surface area contributed by atoms with Crippen molar-refractivity contribution in [3.8, 4) is 0 Å². The molecule has 5 nitrogen and oxygen atoms in total. The van der Waals surface area contributed by atoms with E-state index in [1.165, 1.54) is 23.2 Å². The van der Waals surface area contributed by atoms with E-state index in [2.05, 4.69) is 38.4 Å². The zero-order valence-electron chi connectivity index (χ0n) is 14.0. The van der Waals surface area contributed by atoms with Crippen molar-refractivity contribution in [2.24, 2.45) is 5.92 Å². The van der Waals surface area contributed by atoms with Crippen LogP contribution in [0.3, 0.4) is 0 Å². The molecule has 5 heteroatoms. The van der Waals surface area contributed by atoms with E-state index < -0.39 is 0 Å². The molecule has 1 unspecified atom stereocenters. The fraction of sp³-hybridized carbons (Fsp3) is 0.526. The zero-order valence-corrected chi connectivity index (χ0v) is 14.0. The summed E-state index contributed by atoms with van der Waals surface area (Å²) in [7, 11) is 0. The van der Waals surface area contributed by atoms with Gasteiger partial charge in [0.05, 0.1) is 12.4 Å². The number of anilines is 1. The molecule has 1 aliphatic carbocycles. The molecule has 3 N–H and O–H groups in total. The van der Waals surface area contributed by atoms with Crippen molar-refractivity contribution in [3.05, 3.63) is 48.0 Å². The van der Waals surface area contributed by atoms with Crippen LogP contribution in [0.15, 0.2) is 36.9 Å². The van der Waals surface area contributed by atoms with Gasteiger partial charge < -0.3 is 20.3 Å². The van der Waals surface area contributed by atoms with Crippen LogP contribution in [0.2, 0.25) is 0 Å². The molecule has 1 aromatic heterocycles. The molecule has 1 aromatic carbocycles. The van der Waals surface area contributed by atoms with Crippen LogP contribution >= 0.6 is 0 Å². The predicted molar refractivity (Wildman–Crippen MR) is 94.8 cm³/mol. The van der Waals surface area contributed by atoms with Crippen LogP contribution in [-0.4, -0.2) is 33.3 Å². The van der Waals surface area contributed by atoms with Gasteiger partial charge >= 0.3 is 0 Å². The average molecular weight is 326 g/mol. The van der Waals surface area contributed by atoms with E-state index in [1.807, 2.05) is 18.7 Å². The first kappa shape index (κ1) is 15.7. The summed E-state index contributed by atoms with van der Waals surface area (Å²) in [5.74, 6) is 0.509. The number of benzene rings is 1. The van der Waals surface area contributed by atoms with Crippen molar-refractivity contribution in [1.82, 2.24) is 14.9 Å². The van der Waals surface area contributed by atoms with Gasteiger partial charge in [-0.15, -0.1) is 0 Å². The minimum absolute atomic E-state index is 0.179. The molecule has 0 amide bonds. The van der Waals surface area contributed by atoms with Crippen LogP contribution in [0.5, 0.6) is 0 Å². The molecule has 4 rings (SSSR count). The maximum absolute atomic E-state index is 10.4. The molecular weight excluding hydrogens is 300 g/mol. The number of rotatable bonds is 5. The van der Waals surface area contributed by atoms with Gasteiger partial charge in [-0.3, -0.25) is 0 Å². The van der Waals surface area contributed by atoms with E-state index >= 15 is 0 Å². The minimum atomic E-state index is -0.258. The van der Waals surface area contributed by atoms with Gasteiger partial charge in [-0.2, -0.15) is 0 Å². The monoisotopic (exact) mass is 326 g/mol. The lowest BCUT2D eigenvalue weighted by atomic mass is 9.99. The summed E-state index contributed by atoms with van der Waals surface area (Å²) in [6.07, 6.45) is 9.65. The molecule has 0 radical (unpaired) electrons. The lowest BCUT2D eigenvalue weighted by Crippen LogP contribution is -2.35. The molecule has 1 saturated carbocycles. The van der Waals surface area contributed by atoms with Crippen LogP contribution in [0.1, 0.15) is 30.4 Å². The highest BCUT2D eigenvalue weighted by atomic mass is 16.3. The Morgan fingerprint density at radius 2 is 2.29 bits per heavy atom. The number of nitrogens with zero attached hydrogens (tertiary/aromatic N) is 2. The Kier molecular flexibility index (Phi) is 4.54. The summed E-state index contributed by atoms with van der Waals surface area (Å²) in [5, 5.41) is 17.5. The molecule has 2 aliphatic rings. The number of hydrogen-bond donors (Lipinski definition) is 3. The molecule has 128 valence electrons. The standard InChI is InChI=1S/C19H26N4O/c24-18-10-14(12-23-8-7-20-13-23)9-17(18)22-11-16-4-1-3-15-5-2-6-21-19(15)16/h1,3-4,7-8,13-14,17-18,21-22,24H,2,5-6,9-12H2/t14?,17-,18-/m1/s1. The minimum Gasteiger partial charge on any atom is -0.391 e. The number of hydrogen-bond acceptors (Lipinski definition) is 4. The highest BCUT2D eigenvalue weighted by Crippen LogP contribution is 2.29. The maximum atomic E-state index is 10.4. The lowest BCUT2D eigenvalue weighted by Gasteiger charge is -2.23. The summed E-state index contributed by atoms with van der Waals surface area (Å²) in [6, 6.07) is 6.74. The molecule has 24 heavy (non-hydrogen) atoms. The number of para-hydroxylation sites is 1. The van der Waals surface area contributed by atoms with Gasteiger partial charge in [0.25, 0.3) is 0 Å². The summed E-state index contributed by atoms with van der Waals surface area (Å²) in [5.41, 5.74) is 4.04. The van der Waals surface area contributed by atoms with E-state index in [4.69, 9.17) is 0 Å². The lowest BCUT2D eigenvalue weighted by molar-refractivity contribution is 0.145. The van der Waals surface area contributed by atoms with E-state index in [0.717, 1.165) is 38.9 Å². The van der Waals surface area contributed by atoms with Crippen LogP contribution < -0.4 is 10.6 Å². The first-order valence-corrected chi connectivity index (χ1v) is 9.01. The normalized spacial score (nSPS) is 26.1. The molecule has 0 bridgehead atoms. The van der Waals surface area contributed by atoms with Gasteiger partial charge in [0.15, 0.2) is 0 Å². The molecule has 0 spiro atoms. The van der Waals surface area contributed by atoms with Gasteiger partial charge in [-0.05, 0) is 42.7 Å². The van der Waals surface area contributed by atoms with E-state index in [0.29, 0.717) is 5.92 Å². The summed E-state index contributed by atoms with van der Waals surface area (Å²) >= 11 is 0. The Bertz CT molecular complexity index is 670. The summed E-state index contributed by atoms with van der Waals surface area (Å²) < 4.78 is 2.11. The zero-order chi connectivity index (χ0) is 16.4. The molecule has 3 atom stereocenters. The highest BCUT2D eigenvalue weighted by molar-refractivity contribution is 5.59. The topological polar surface area (TPSA) is 62.1 Å². The number of aliphatic hydroxyl groups excluding tert-OH is 1. The fourth-order valence-electron chi connectivity index (χ4n) is 4.15. The largest absolute Gasteiger partial charge is 0.391 e. The van der Waals surface area contributed by atoms with Crippen molar-refractivity contribution in [1.29, 1.82) is 0 Å². The SMILES string of the molecule is O[C@@H]1CC(Cn2ccnc2)C[C@H]1NCc1cccc2c1NCCC2. The molecule has 0 saturated heterocycles. The summed E-state index contributed by atoms with van der Waals surface area (Å²) in [4.78, 5) is 4.10. The van der Waals surface area contributed by atoms with Gasteiger partial charge in [-0.1, -0.05) is 18.2 Å². The Hall–Kier alpha value is -1.85. The van der Waals surface area contributed by atoms with Crippen molar-refractivity contribution < 1.29 is 5.11 Å². The number of aliphatic hydroxyl groups is 1. The van der Waals surface area contributed by atoms with Crippen LogP contribution in [0.25, 0.3) is 0 Å². The molecule has 1 fully saturated rings. The van der Waals surface area contributed by atoms with Gasteiger partial charge in [0.2, 0.25) is 0 Å². The number of aromatic nitrogens is 2. The Morgan fingerprint density at radius 3 is 3.17 bits per heavy atom. The predicted octanol–water partition coefficient (Wildman–Crippen LogP) is 2.17. The average Bonchev–Trinajstić information content (AvgIpc) is 3.23. The third-order valence-corrected chi connectivity index (χ3v) is 5.37. The van der Waals surface area contributed by atoms with Crippen LogP contribution in [0, 0.1) is 5.92 Å². The Morgan fingerprint density at radius 1 is 1.33 bits per heavy atom. The van der Waals surface area contributed by atoms with E-state index in [1.54, 1.807) is 0 Å². The second-order valence-electron chi connectivity index (χ2n) is 7.13. The van der Waals surface area contributed by atoms with Crippen molar-refractivity contribution in [2.75, 3.05) is 11.9 Å². The summed E-state index contributed by atoms with van der Waals surface area (Å²) in [6.45, 7) is 2.82. The Labute approximate surface area is 143 Å². The maximum Gasteiger partial charge on any atom is 0.0945 e. The van der Waals surface area contributed by atoms with Crippen LogP contribution in [0.4, 0.5) is 5.69 Å². The fourth-order valence-corrected chi connectivity index (χ4v) is 4.15. The molecule has 1 aliphatic heterocycles. The van der Waals surface area contributed by atoms with Gasteiger partial charge in [0, 0.05) is 43.8 Å². The number of imidazole rings is 1. The molecule has 2 aromatic rings. The second kappa shape index (κ2) is 6.95. The Balaban J connectivity index is 1.36. The first-order chi connectivity index (χ1) is 11.8. The third-order valence-electron chi connectivity index (χ3n) is 5.37. The number of nitrogens with one attached hydrogen (secondary N) is 2. The van der Waals surface area contributed by atoms with Crippen molar-refractivity contribution >= 4 is 5.69 Å². The number of fused-ring (bicyclic) bond motifs is 1. The van der Waals surface area contributed by atoms with Crippen LogP contribution in [-0.2, 0) is 19.5 Å².